The van der Waals surface area contributed by atoms with Crippen molar-refractivity contribution >= 4 is 21.7 Å². The third-order valence-corrected chi connectivity index (χ3v) is 4.80. The first kappa shape index (κ1) is 20.4. The Labute approximate surface area is 159 Å². The van der Waals surface area contributed by atoms with Crippen LogP contribution in [0.15, 0.2) is 66.3 Å². The Morgan fingerprint density at radius 2 is 1.85 bits per heavy atom. The quantitative estimate of drug-likeness (QED) is 0.515. The second kappa shape index (κ2) is 9.67. The van der Waals surface area contributed by atoms with Gasteiger partial charge < -0.3 is 15.7 Å². The molecule has 0 spiro atoms. The maximum absolute atomic E-state index is 11.8. The maximum Gasteiger partial charge on any atom is 0.243 e. The number of nitrogens with zero attached hydrogens (tertiary/aromatic N) is 5. The fourth-order valence-corrected chi connectivity index (χ4v) is 3.01. The van der Waals surface area contributed by atoms with Crippen LogP contribution in [0.4, 0.5) is 11.6 Å². The highest BCUT2D eigenvalue weighted by molar-refractivity contribution is 7.94. The van der Waals surface area contributed by atoms with Gasteiger partial charge in [-0.15, -0.1) is 0 Å². The molecule has 0 saturated heterocycles. The summed E-state index contributed by atoms with van der Waals surface area (Å²) in [7, 11) is -1.74. The minimum absolute atomic E-state index is 0.0548. The number of hydrogen-bond acceptors (Lipinski definition) is 5. The molecule has 0 amide bonds. The summed E-state index contributed by atoms with van der Waals surface area (Å²) in [6.07, 6.45) is 11.7. The van der Waals surface area contributed by atoms with Crippen molar-refractivity contribution in [1.82, 2.24) is 14.5 Å². The van der Waals surface area contributed by atoms with E-state index >= 15 is 0 Å². The Morgan fingerprint density at radius 1 is 1.19 bits per heavy atom. The molecule has 0 aliphatic carbocycles. The Balaban J connectivity index is 0.000000223. The average Bonchev–Trinajstić information content (AvgIpc) is 3.07. The van der Waals surface area contributed by atoms with Gasteiger partial charge in [0.25, 0.3) is 0 Å². The molecule has 3 aromatic rings. The number of sulfonamides is 1. The molecule has 144 valence electrons. The highest BCUT2D eigenvalue weighted by Crippen LogP contribution is 2.23. The Hall–Kier alpha value is -2.94. The summed E-state index contributed by atoms with van der Waals surface area (Å²) in [5, 5.41) is 0. The molecule has 9 heteroatoms. The number of rotatable bonds is 6. The van der Waals surface area contributed by atoms with E-state index in [1.807, 2.05) is 7.05 Å². The van der Waals surface area contributed by atoms with E-state index in [1.165, 1.54) is 49.5 Å². The predicted octanol–water partition coefficient (Wildman–Crippen LogP) is 2.57. The van der Waals surface area contributed by atoms with Crippen molar-refractivity contribution in [3.63, 3.8) is 0 Å². The minimum atomic E-state index is -3.79. The molecular formula is C18H24N6O2S. The van der Waals surface area contributed by atoms with Crippen LogP contribution in [0.25, 0.3) is 4.72 Å². The SMILES string of the molecule is CCCCn1cc[n+](C)c1.Nc1ccc(S(=O)(=O)[N-]c2ncccn2)cc1. The zero-order valence-electron chi connectivity index (χ0n) is 15.4. The Bertz CT molecular complexity index is 924. The van der Waals surface area contributed by atoms with Crippen LogP contribution in [0.2, 0.25) is 0 Å². The van der Waals surface area contributed by atoms with E-state index in [0.29, 0.717) is 5.69 Å². The molecule has 0 bridgehead atoms. The number of anilines is 1. The monoisotopic (exact) mass is 388 g/mol. The van der Waals surface area contributed by atoms with Gasteiger partial charge in [0.05, 0.1) is 18.5 Å². The first-order valence-electron chi connectivity index (χ1n) is 8.52. The standard InChI is InChI=1S/C10H9N4O2S.C8H15N2/c11-8-2-4-9(5-3-8)17(15,16)14-10-12-6-1-7-13-10;1-3-4-5-10-7-6-9(2)8-10/h1-7H,11H2;6-8H,3-5H2,1-2H3/q-1;+1. The number of aromatic nitrogens is 4. The van der Waals surface area contributed by atoms with Gasteiger partial charge >= 0.3 is 0 Å². The topological polar surface area (TPSA) is 109 Å². The predicted molar refractivity (Wildman–Crippen MR) is 104 cm³/mol. The Morgan fingerprint density at radius 3 is 2.41 bits per heavy atom. The van der Waals surface area contributed by atoms with Crippen molar-refractivity contribution < 1.29 is 13.0 Å². The lowest BCUT2D eigenvalue weighted by molar-refractivity contribution is -0.671. The second-order valence-electron chi connectivity index (χ2n) is 5.85. The lowest BCUT2D eigenvalue weighted by atomic mass is 10.3. The van der Waals surface area contributed by atoms with E-state index in [4.69, 9.17) is 5.73 Å². The highest BCUT2D eigenvalue weighted by Gasteiger charge is 2.10. The number of benzene rings is 1. The number of hydrogen-bond donors (Lipinski definition) is 1. The molecule has 0 aliphatic rings. The van der Waals surface area contributed by atoms with Gasteiger partial charge in [0.1, 0.15) is 12.4 Å². The molecule has 2 N–H and O–H groups in total. The van der Waals surface area contributed by atoms with Crippen LogP contribution >= 0.6 is 0 Å². The van der Waals surface area contributed by atoms with Crippen LogP contribution in [-0.4, -0.2) is 23.0 Å². The van der Waals surface area contributed by atoms with Gasteiger partial charge in [0.15, 0.2) is 0 Å². The Kier molecular flexibility index (Phi) is 7.30. The summed E-state index contributed by atoms with van der Waals surface area (Å²) >= 11 is 0. The smallest absolute Gasteiger partial charge is 0.243 e. The van der Waals surface area contributed by atoms with Crippen LogP contribution < -0.4 is 10.3 Å². The van der Waals surface area contributed by atoms with Crippen molar-refractivity contribution in [3.8, 4) is 0 Å². The molecule has 0 saturated carbocycles. The van der Waals surface area contributed by atoms with Crippen LogP contribution in [-0.2, 0) is 23.6 Å². The number of nitrogen functional groups attached to an aromatic ring is 1. The summed E-state index contributed by atoms with van der Waals surface area (Å²) < 4.78 is 31.4. The fourth-order valence-electron chi connectivity index (χ4n) is 2.11. The number of nitrogens with two attached hydrogens (primary N) is 1. The van der Waals surface area contributed by atoms with Gasteiger partial charge in [-0.05, 0) is 43.1 Å². The van der Waals surface area contributed by atoms with Gasteiger partial charge in [-0.2, -0.15) is 0 Å². The summed E-state index contributed by atoms with van der Waals surface area (Å²) in [6, 6.07) is 7.34. The lowest BCUT2D eigenvalue weighted by Crippen LogP contribution is -2.23. The molecule has 0 radical (unpaired) electrons. The molecule has 2 aromatic heterocycles. The van der Waals surface area contributed by atoms with Crippen molar-refractivity contribution in [3.05, 3.63) is 66.2 Å². The zero-order chi connectivity index (χ0) is 19.7. The van der Waals surface area contributed by atoms with Gasteiger partial charge in [-0.25, -0.2) is 17.6 Å². The maximum atomic E-state index is 11.8. The molecule has 27 heavy (non-hydrogen) atoms. The highest BCUT2D eigenvalue weighted by atomic mass is 32.2. The first-order chi connectivity index (χ1) is 12.9. The van der Waals surface area contributed by atoms with Crippen molar-refractivity contribution in [2.75, 3.05) is 5.73 Å². The largest absolute Gasteiger partial charge is 0.399 e. The second-order valence-corrected chi connectivity index (χ2v) is 7.46. The number of unbranched alkanes of at least 4 members (excludes halogenated alkanes) is 1. The van der Waals surface area contributed by atoms with Crippen molar-refractivity contribution in [2.45, 2.75) is 31.2 Å². The minimum Gasteiger partial charge on any atom is -0.399 e. The van der Waals surface area contributed by atoms with Crippen LogP contribution in [0, 0.1) is 0 Å². The van der Waals surface area contributed by atoms with E-state index in [-0.39, 0.29) is 10.8 Å². The molecule has 1 aromatic carbocycles. The summed E-state index contributed by atoms with van der Waals surface area (Å²) in [6.45, 7) is 3.36. The number of aryl methyl sites for hydroxylation is 2. The van der Waals surface area contributed by atoms with E-state index in [9.17, 15) is 8.42 Å². The van der Waals surface area contributed by atoms with E-state index < -0.39 is 10.0 Å². The fraction of sp³-hybridized carbons (Fsp3) is 0.278. The molecule has 0 atom stereocenters. The molecule has 0 fully saturated rings. The first-order valence-corrected chi connectivity index (χ1v) is 9.96. The van der Waals surface area contributed by atoms with Crippen LogP contribution in [0.5, 0.6) is 0 Å². The van der Waals surface area contributed by atoms with Gasteiger partial charge in [0, 0.05) is 11.6 Å². The third kappa shape index (κ3) is 6.70. The van der Waals surface area contributed by atoms with Gasteiger partial charge in [-0.3, -0.25) is 4.72 Å². The average molecular weight is 388 g/mol. The summed E-state index contributed by atoms with van der Waals surface area (Å²) in [4.78, 5) is 7.51. The molecule has 3 rings (SSSR count). The molecule has 0 unspecified atom stereocenters. The van der Waals surface area contributed by atoms with Crippen LogP contribution in [0.1, 0.15) is 19.8 Å². The lowest BCUT2D eigenvalue weighted by Gasteiger charge is -2.11. The zero-order valence-corrected chi connectivity index (χ0v) is 16.2. The molecular weight excluding hydrogens is 364 g/mol. The molecule has 2 heterocycles. The van der Waals surface area contributed by atoms with E-state index in [0.717, 1.165) is 6.54 Å². The van der Waals surface area contributed by atoms with Crippen molar-refractivity contribution in [1.29, 1.82) is 0 Å². The third-order valence-electron chi connectivity index (χ3n) is 3.53. The van der Waals surface area contributed by atoms with E-state index in [2.05, 4.69) is 49.5 Å². The number of imidazole rings is 1. The summed E-state index contributed by atoms with van der Waals surface area (Å²) in [5.41, 5.74) is 5.96. The van der Waals surface area contributed by atoms with Crippen molar-refractivity contribution in [2.24, 2.45) is 7.05 Å². The normalized spacial score (nSPS) is 10.7. The molecule has 8 nitrogen and oxygen atoms in total. The van der Waals surface area contributed by atoms with Crippen LogP contribution in [0.3, 0.4) is 0 Å². The summed E-state index contributed by atoms with van der Waals surface area (Å²) in [5.74, 6) is -0.0932. The van der Waals surface area contributed by atoms with Gasteiger partial charge in [0.2, 0.25) is 16.4 Å². The molecule has 0 aliphatic heterocycles. The van der Waals surface area contributed by atoms with Gasteiger partial charge in [-0.1, -0.05) is 19.4 Å². The van der Waals surface area contributed by atoms with E-state index in [1.54, 1.807) is 6.07 Å².